The van der Waals surface area contributed by atoms with Gasteiger partial charge in [0.05, 0.1) is 11.4 Å². The van der Waals surface area contributed by atoms with Gasteiger partial charge >= 0.3 is 0 Å². The van der Waals surface area contributed by atoms with E-state index in [2.05, 4.69) is 23.2 Å². The fourth-order valence-corrected chi connectivity index (χ4v) is 1.54. The molecule has 0 N–H and O–H groups in total. The van der Waals surface area contributed by atoms with Crippen molar-refractivity contribution in [3.63, 3.8) is 0 Å². The van der Waals surface area contributed by atoms with E-state index >= 15 is 0 Å². The molecule has 2 heterocycles. The van der Waals surface area contributed by atoms with Crippen LogP contribution in [0.4, 0.5) is 0 Å². The Balaban J connectivity index is 0.000000771. The van der Waals surface area contributed by atoms with Gasteiger partial charge in [-0.15, -0.1) is 0 Å². The third kappa shape index (κ3) is 2.94. The summed E-state index contributed by atoms with van der Waals surface area (Å²) in [7, 11) is 1.89. The van der Waals surface area contributed by atoms with E-state index in [1.165, 1.54) is 0 Å². The molecule has 2 aromatic heterocycles. The van der Waals surface area contributed by atoms with Crippen LogP contribution in [0.3, 0.4) is 0 Å². The van der Waals surface area contributed by atoms with E-state index in [0.29, 0.717) is 0 Å². The van der Waals surface area contributed by atoms with Gasteiger partial charge in [0, 0.05) is 30.6 Å². The summed E-state index contributed by atoms with van der Waals surface area (Å²) in [6, 6.07) is 3.97. The van der Waals surface area contributed by atoms with Gasteiger partial charge in [0.2, 0.25) is 0 Å². The van der Waals surface area contributed by atoms with E-state index in [1.807, 2.05) is 39.2 Å². The summed E-state index contributed by atoms with van der Waals surface area (Å²) in [4.78, 5) is 4.32. The molecule has 0 amide bonds. The predicted octanol–water partition coefficient (Wildman–Crippen LogP) is 3.79. The highest BCUT2D eigenvalue weighted by Crippen LogP contribution is 2.20. The number of pyridine rings is 1. The van der Waals surface area contributed by atoms with E-state index < -0.39 is 0 Å². The van der Waals surface area contributed by atoms with Crippen LogP contribution < -0.4 is 0 Å². The molecule has 0 aliphatic carbocycles. The third-order valence-electron chi connectivity index (χ3n) is 2.37. The van der Waals surface area contributed by atoms with Crippen LogP contribution in [0, 0.1) is 0 Å². The van der Waals surface area contributed by atoms with Crippen molar-refractivity contribution < 1.29 is 0 Å². The van der Waals surface area contributed by atoms with Gasteiger partial charge in [-0.2, -0.15) is 5.10 Å². The molecule has 2 aromatic rings. The lowest BCUT2D eigenvalue weighted by Gasteiger charge is -2.02. The predicted molar refractivity (Wildman–Crippen MR) is 78.0 cm³/mol. The normalized spacial score (nSPS) is 9.28. The Morgan fingerprint density at radius 1 is 1.22 bits per heavy atom. The lowest BCUT2D eigenvalue weighted by atomic mass is 10.1. The van der Waals surface area contributed by atoms with Crippen LogP contribution in [-0.4, -0.2) is 14.8 Å². The molecule has 0 aliphatic heterocycles. The van der Waals surface area contributed by atoms with Crippen LogP contribution >= 0.6 is 0 Å². The Morgan fingerprint density at radius 2 is 1.94 bits per heavy atom. The van der Waals surface area contributed by atoms with Crippen LogP contribution in [0.2, 0.25) is 0 Å². The average Bonchev–Trinajstić information content (AvgIpc) is 2.87. The summed E-state index contributed by atoms with van der Waals surface area (Å²) in [5.41, 5.74) is 3.71. The van der Waals surface area contributed by atoms with E-state index in [9.17, 15) is 0 Å². The number of aromatic nitrogens is 3. The number of nitrogens with zero attached hydrogens (tertiary/aromatic N) is 3. The third-order valence-corrected chi connectivity index (χ3v) is 2.37. The first-order valence-electron chi connectivity index (χ1n) is 5.99. The summed E-state index contributed by atoms with van der Waals surface area (Å²) in [6.45, 7) is 11.5. The highest BCUT2D eigenvalue weighted by atomic mass is 15.2. The molecular weight excluding hydrogens is 222 g/mol. The summed E-state index contributed by atoms with van der Waals surface area (Å²) in [5.74, 6) is 0. The Kier molecular flexibility index (Phi) is 5.06. The van der Waals surface area contributed by atoms with Gasteiger partial charge in [0.15, 0.2) is 0 Å². The Labute approximate surface area is 108 Å². The van der Waals surface area contributed by atoms with Crippen molar-refractivity contribution in [1.29, 1.82) is 0 Å². The molecule has 0 fully saturated rings. The smallest absolute Gasteiger partial charge is 0.0938 e. The van der Waals surface area contributed by atoms with Crippen LogP contribution in [0.25, 0.3) is 23.4 Å². The van der Waals surface area contributed by atoms with Gasteiger partial charge in [-0.05, 0) is 18.2 Å². The Bertz CT molecular complexity index is 538. The highest BCUT2D eigenvalue weighted by Gasteiger charge is 2.04. The Hall–Kier alpha value is -2.16. The maximum Gasteiger partial charge on any atom is 0.0938 e. The van der Waals surface area contributed by atoms with Crippen molar-refractivity contribution in [2.24, 2.45) is 7.05 Å². The van der Waals surface area contributed by atoms with Crippen molar-refractivity contribution in [1.82, 2.24) is 14.8 Å². The van der Waals surface area contributed by atoms with Gasteiger partial charge in [0.1, 0.15) is 0 Å². The fraction of sp³-hybridized carbons (Fsp3) is 0.200. The quantitative estimate of drug-likeness (QED) is 0.818. The standard InChI is InChI=1S/C13H13N3.C2H6/c1-4-10-8-11(9-14-12(10)5-2)13-6-7-16(3)15-13;1-2/h4-9H,1-2H2,3H3;1-2H3. The van der Waals surface area contributed by atoms with Crippen LogP contribution in [-0.2, 0) is 7.05 Å². The number of aryl methyl sites for hydroxylation is 1. The summed E-state index contributed by atoms with van der Waals surface area (Å²) in [5, 5.41) is 4.33. The Morgan fingerprint density at radius 3 is 2.44 bits per heavy atom. The molecular formula is C15H19N3. The SMILES string of the molecule is C=Cc1cc(-c2ccn(C)n2)cnc1C=C.CC. The lowest BCUT2D eigenvalue weighted by Crippen LogP contribution is -1.91. The molecule has 0 aliphatic rings. The molecule has 0 aromatic carbocycles. The van der Waals surface area contributed by atoms with Gasteiger partial charge in [-0.3, -0.25) is 9.67 Å². The number of hydrogen-bond donors (Lipinski definition) is 0. The lowest BCUT2D eigenvalue weighted by molar-refractivity contribution is 0.771. The molecule has 0 spiro atoms. The van der Waals surface area contributed by atoms with Crippen molar-refractivity contribution in [2.45, 2.75) is 13.8 Å². The van der Waals surface area contributed by atoms with Gasteiger partial charge < -0.3 is 0 Å². The molecule has 0 bridgehead atoms. The van der Waals surface area contributed by atoms with Gasteiger partial charge in [-0.25, -0.2) is 0 Å². The van der Waals surface area contributed by atoms with E-state index in [-0.39, 0.29) is 0 Å². The van der Waals surface area contributed by atoms with Gasteiger partial charge in [0.25, 0.3) is 0 Å². The maximum atomic E-state index is 4.33. The fourth-order valence-electron chi connectivity index (χ4n) is 1.54. The monoisotopic (exact) mass is 241 g/mol. The number of hydrogen-bond acceptors (Lipinski definition) is 2. The minimum absolute atomic E-state index is 0.842. The van der Waals surface area contributed by atoms with Crippen LogP contribution in [0.1, 0.15) is 25.1 Å². The molecule has 0 saturated carbocycles. The molecule has 3 nitrogen and oxygen atoms in total. The molecule has 18 heavy (non-hydrogen) atoms. The second kappa shape index (κ2) is 6.55. The maximum absolute atomic E-state index is 4.33. The second-order valence-corrected chi connectivity index (χ2v) is 3.48. The van der Waals surface area contributed by atoms with Crippen molar-refractivity contribution in [3.8, 4) is 11.3 Å². The molecule has 94 valence electrons. The second-order valence-electron chi connectivity index (χ2n) is 3.48. The molecule has 0 saturated heterocycles. The molecule has 2 rings (SSSR count). The van der Waals surface area contributed by atoms with E-state index in [4.69, 9.17) is 0 Å². The molecule has 0 unspecified atom stereocenters. The van der Waals surface area contributed by atoms with Crippen molar-refractivity contribution in [2.75, 3.05) is 0 Å². The van der Waals surface area contributed by atoms with Crippen LogP contribution in [0.15, 0.2) is 37.7 Å². The molecule has 0 atom stereocenters. The molecule has 3 heteroatoms. The first-order chi connectivity index (χ1) is 8.74. The zero-order valence-electron chi connectivity index (χ0n) is 11.2. The number of rotatable bonds is 3. The summed E-state index contributed by atoms with van der Waals surface area (Å²) < 4.78 is 1.77. The van der Waals surface area contributed by atoms with E-state index in [1.54, 1.807) is 23.0 Å². The average molecular weight is 241 g/mol. The summed E-state index contributed by atoms with van der Waals surface area (Å²) in [6.07, 6.45) is 7.20. The molecule has 0 radical (unpaired) electrons. The van der Waals surface area contributed by atoms with E-state index in [0.717, 1.165) is 22.5 Å². The summed E-state index contributed by atoms with van der Waals surface area (Å²) >= 11 is 0. The first-order valence-corrected chi connectivity index (χ1v) is 5.99. The van der Waals surface area contributed by atoms with Crippen LogP contribution in [0.5, 0.6) is 0 Å². The first kappa shape index (κ1) is 13.9. The largest absolute Gasteiger partial charge is 0.275 e. The minimum atomic E-state index is 0.842. The zero-order valence-corrected chi connectivity index (χ0v) is 11.2. The topological polar surface area (TPSA) is 30.7 Å². The minimum Gasteiger partial charge on any atom is -0.275 e. The van der Waals surface area contributed by atoms with Gasteiger partial charge in [-0.1, -0.05) is 33.1 Å². The zero-order chi connectivity index (χ0) is 13.5. The van der Waals surface area contributed by atoms with Crippen molar-refractivity contribution in [3.05, 3.63) is 48.9 Å². The highest BCUT2D eigenvalue weighted by molar-refractivity contribution is 5.68. The van der Waals surface area contributed by atoms with Crippen molar-refractivity contribution >= 4 is 12.2 Å².